The molecule has 0 saturated heterocycles. The fraction of sp³-hybridized carbons (Fsp3) is 0.800. The van der Waals surface area contributed by atoms with Crippen LogP contribution in [0.15, 0.2) is 10.7 Å². The Morgan fingerprint density at radius 1 is 1.25 bits per heavy atom. The first-order valence-corrected chi connectivity index (χ1v) is 5.68. The molecule has 12 heavy (non-hydrogen) atoms. The number of hydrogen-bond acceptors (Lipinski definition) is 1. The van der Waals surface area contributed by atoms with Crippen molar-refractivity contribution in [1.29, 1.82) is 0 Å². The fourth-order valence-electron chi connectivity index (χ4n) is 0.880. The number of halogens is 1. The molecule has 0 saturated carbocycles. The van der Waals surface area contributed by atoms with Crippen LogP contribution in [0.4, 0.5) is 0 Å². The number of hydrogen-bond donors (Lipinski definition) is 1. The minimum atomic E-state index is 1.09. The average molecular weight is 234 g/mol. The lowest BCUT2D eigenvalue weighted by Gasteiger charge is -2.00. The smallest absolute Gasteiger partial charge is 0.0141 e. The van der Waals surface area contributed by atoms with Crippen LogP contribution >= 0.6 is 15.9 Å². The summed E-state index contributed by atoms with van der Waals surface area (Å²) in [4.78, 5) is 0. The second-order valence-corrected chi connectivity index (χ2v) is 4.02. The summed E-state index contributed by atoms with van der Waals surface area (Å²) in [5, 5.41) is 3.29. The Morgan fingerprint density at radius 2 is 1.92 bits per heavy atom. The summed E-state index contributed by atoms with van der Waals surface area (Å²) in [6.07, 6.45) is 8.30. The van der Waals surface area contributed by atoms with Gasteiger partial charge in [-0.25, -0.2) is 0 Å². The van der Waals surface area contributed by atoms with E-state index < -0.39 is 0 Å². The summed E-state index contributed by atoms with van der Waals surface area (Å²) in [5.74, 6) is 0. The summed E-state index contributed by atoms with van der Waals surface area (Å²) in [7, 11) is 0. The van der Waals surface area contributed by atoms with Crippen LogP contribution in [0.25, 0.3) is 0 Å². The molecule has 0 fully saturated rings. The van der Waals surface area contributed by atoms with Crippen molar-refractivity contribution in [2.24, 2.45) is 0 Å². The Labute approximate surface area is 84.8 Å². The molecule has 72 valence electrons. The molecule has 0 aliphatic heterocycles. The molecule has 0 aromatic heterocycles. The van der Waals surface area contributed by atoms with Gasteiger partial charge in [0, 0.05) is 17.2 Å². The minimum absolute atomic E-state index is 1.09. The molecule has 0 bridgehead atoms. The molecule has 1 N–H and O–H groups in total. The van der Waals surface area contributed by atoms with Crippen LogP contribution in [0.1, 0.15) is 46.0 Å². The fourth-order valence-corrected chi connectivity index (χ4v) is 1.32. The van der Waals surface area contributed by atoms with Crippen LogP contribution in [0.2, 0.25) is 0 Å². The Hall–Kier alpha value is 0.0200. The van der Waals surface area contributed by atoms with Gasteiger partial charge in [-0.05, 0) is 19.3 Å². The van der Waals surface area contributed by atoms with Crippen molar-refractivity contribution in [3.05, 3.63) is 10.7 Å². The largest absolute Gasteiger partial charge is 0.390 e. The highest BCUT2D eigenvalue weighted by Gasteiger charge is 1.89. The summed E-state index contributed by atoms with van der Waals surface area (Å²) in [6, 6.07) is 0. The van der Waals surface area contributed by atoms with Gasteiger partial charge in [0.05, 0.1) is 0 Å². The Kier molecular flexibility index (Phi) is 9.13. The van der Waals surface area contributed by atoms with Crippen LogP contribution in [0, 0.1) is 0 Å². The van der Waals surface area contributed by atoms with E-state index in [0.717, 1.165) is 13.0 Å². The first kappa shape index (κ1) is 12.0. The van der Waals surface area contributed by atoms with Gasteiger partial charge < -0.3 is 5.32 Å². The van der Waals surface area contributed by atoms with Gasteiger partial charge in [0.25, 0.3) is 0 Å². The zero-order valence-electron chi connectivity index (χ0n) is 8.20. The highest BCUT2D eigenvalue weighted by molar-refractivity contribution is 9.11. The molecule has 0 aliphatic carbocycles. The van der Waals surface area contributed by atoms with Crippen molar-refractivity contribution in [2.75, 3.05) is 6.54 Å². The third kappa shape index (κ3) is 8.12. The van der Waals surface area contributed by atoms with Crippen molar-refractivity contribution < 1.29 is 0 Å². The first-order chi connectivity index (χ1) is 5.81. The Balaban J connectivity index is 3.28. The van der Waals surface area contributed by atoms with Crippen molar-refractivity contribution in [3.8, 4) is 0 Å². The zero-order chi connectivity index (χ0) is 9.23. The number of rotatable bonds is 7. The van der Waals surface area contributed by atoms with Crippen molar-refractivity contribution >= 4 is 15.9 Å². The monoisotopic (exact) mass is 233 g/mol. The SMILES string of the molecule is CCCCN/C=C(\Br)CCCC. The number of nitrogens with one attached hydrogen (secondary N) is 1. The second kappa shape index (κ2) is 9.11. The molecule has 0 rings (SSSR count). The summed E-state index contributed by atoms with van der Waals surface area (Å²) in [5.41, 5.74) is 0. The van der Waals surface area contributed by atoms with E-state index in [0.29, 0.717) is 0 Å². The summed E-state index contributed by atoms with van der Waals surface area (Å²) >= 11 is 3.53. The van der Waals surface area contributed by atoms with Gasteiger partial charge >= 0.3 is 0 Å². The molecule has 0 amide bonds. The van der Waals surface area contributed by atoms with Crippen LogP contribution in [0.3, 0.4) is 0 Å². The predicted octanol–water partition coefficient (Wildman–Crippen LogP) is 3.80. The molecular weight excluding hydrogens is 214 g/mol. The van der Waals surface area contributed by atoms with E-state index >= 15 is 0 Å². The lowest BCUT2D eigenvalue weighted by atomic mass is 10.2. The summed E-state index contributed by atoms with van der Waals surface area (Å²) in [6.45, 7) is 5.51. The van der Waals surface area contributed by atoms with Gasteiger partial charge in [-0.2, -0.15) is 0 Å². The standard InChI is InChI=1S/C10H20BrN/c1-3-5-7-10(11)9-12-8-6-4-2/h9,12H,3-8H2,1-2H3/b10-9-. The van der Waals surface area contributed by atoms with E-state index in [1.54, 1.807) is 0 Å². The molecule has 0 aromatic rings. The second-order valence-electron chi connectivity index (χ2n) is 3.00. The van der Waals surface area contributed by atoms with E-state index in [9.17, 15) is 0 Å². The molecule has 0 atom stereocenters. The highest BCUT2D eigenvalue weighted by Crippen LogP contribution is 2.12. The van der Waals surface area contributed by atoms with Crippen LogP contribution < -0.4 is 5.32 Å². The lowest BCUT2D eigenvalue weighted by Crippen LogP contribution is -2.06. The van der Waals surface area contributed by atoms with Gasteiger partial charge in [0.15, 0.2) is 0 Å². The molecule has 0 heterocycles. The third-order valence-electron chi connectivity index (χ3n) is 1.70. The van der Waals surface area contributed by atoms with Crippen molar-refractivity contribution in [2.45, 2.75) is 46.0 Å². The molecule has 0 radical (unpaired) electrons. The normalized spacial score (nSPS) is 11.8. The molecule has 0 spiro atoms. The first-order valence-electron chi connectivity index (χ1n) is 4.89. The van der Waals surface area contributed by atoms with Gasteiger partial charge in [-0.1, -0.05) is 42.6 Å². The van der Waals surface area contributed by atoms with Crippen molar-refractivity contribution in [1.82, 2.24) is 5.32 Å². The zero-order valence-corrected chi connectivity index (χ0v) is 9.78. The van der Waals surface area contributed by atoms with Gasteiger partial charge in [0.1, 0.15) is 0 Å². The van der Waals surface area contributed by atoms with E-state index in [-0.39, 0.29) is 0 Å². The molecule has 0 aromatic carbocycles. The van der Waals surface area contributed by atoms with Crippen molar-refractivity contribution in [3.63, 3.8) is 0 Å². The minimum Gasteiger partial charge on any atom is -0.390 e. The van der Waals surface area contributed by atoms with Gasteiger partial charge in [-0.3, -0.25) is 0 Å². The highest BCUT2D eigenvalue weighted by atomic mass is 79.9. The van der Waals surface area contributed by atoms with E-state index in [1.807, 2.05) is 0 Å². The maximum Gasteiger partial charge on any atom is 0.0141 e. The third-order valence-corrected chi connectivity index (χ3v) is 2.33. The molecule has 2 heteroatoms. The number of allylic oxidation sites excluding steroid dienone is 1. The molecule has 0 unspecified atom stereocenters. The number of unbranched alkanes of at least 4 members (excludes halogenated alkanes) is 2. The molecule has 0 aliphatic rings. The Bertz CT molecular complexity index is 121. The lowest BCUT2D eigenvalue weighted by molar-refractivity contribution is 0.729. The van der Waals surface area contributed by atoms with E-state index in [4.69, 9.17) is 0 Å². The summed E-state index contributed by atoms with van der Waals surface area (Å²) < 4.78 is 1.29. The Morgan fingerprint density at radius 3 is 2.50 bits per heavy atom. The van der Waals surface area contributed by atoms with Gasteiger partial charge in [0.2, 0.25) is 0 Å². The topological polar surface area (TPSA) is 12.0 Å². The van der Waals surface area contributed by atoms with E-state index in [1.165, 1.54) is 30.2 Å². The van der Waals surface area contributed by atoms with Crippen LogP contribution in [-0.4, -0.2) is 6.54 Å². The van der Waals surface area contributed by atoms with E-state index in [2.05, 4.69) is 41.3 Å². The molecule has 1 nitrogen and oxygen atoms in total. The average Bonchev–Trinajstić information content (AvgIpc) is 2.09. The predicted molar refractivity (Wildman–Crippen MR) is 59.4 cm³/mol. The van der Waals surface area contributed by atoms with Crippen LogP contribution in [-0.2, 0) is 0 Å². The quantitative estimate of drug-likeness (QED) is 0.660. The van der Waals surface area contributed by atoms with Gasteiger partial charge in [-0.15, -0.1) is 0 Å². The maximum atomic E-state index is 3.53. The van der Waals surface area contributed by atoms with Crippen LogP contribution in [0.5, 0.6) is 0 Å². The maximum absolute atomic E-state index is 3.53. The molecular formula is C10H20BrN.